The van der Waals surface area contributed by atoms with Gasteiger partial charge in [0.1, 0.15) is 5.60 Å². The minimum absolute atomic E-state index is 0.195. The molecule has 0 radical (unpaired) electrons. The summed E-state index contributed by atoms with van der Waals surface area (Å²) in [5.41, 5.74) is -1.15. The maximum atomic E-state index is 10.8. The number of aromatic nitrogens is 3. The van der Waals surface area contributed by atoms with E-state index in [2.05, 4.69) is 33.5 Å². The van der Waals surface area contributed by atoms with Crippen LogP contribution in [0.5, 0.6) is 0 Å². The molecule has 2 fully saturated rings. The zero-order valence-corrected chi connectivity index (χ0v) is 16.1. The van der Waals surface area contributed by atoms with Crippen LogP contribution in [0.4, 0.5) is 5.95 Å². The van der Waals surface area contributed by atoms with Crippen LogP contribution >= 0.6 is 0 Å². The van der Waals surface area contributed by atoms with Crippen LogP contribution < -0.4 is 4.90 Å². The topological polar surface area (TPSA) is 72.6 Å². The molecule has 0 spiro atoms. The number of fused-ring (bicyclic) bond motifs is 1. The van der Waals surface area contributed by atoms with Crippen LogP contribution in [0.3, 0.4) is 0 Å². The van der Waals surface area contributed by atoms with Crippen molar-refractivity contribution in [2.24, 2.45) is 17.8 Å². The lowest BCUT2D eigenvalue weighted by atomic mass is 9.99. The normalized spacial score (nSPS) is 28.6. The van der Waals surface area contributed by atoms with Gasteiger partial charge in [-0.25, -0.2) is 0 Å². The largest absolute Gasteiger partial charge is 0.381 e. The summed E-state index contributed by atoms with van der Waals surface area (Å²) >= 11 is 0. The van der Waals surface area contributed by atoms with Crippen LogP contribution in [-0.4, -0.2) is 59.9 Å². The Balaban J connectivity index is 1.88. The molecule has 2 heterocycles. The van der Waals surface area contributed by atoms with Gasteiger partial charge in [-0.2, -0.15) is 0 Å². The standard InChI is InChI=1S/C18H32N4O3/c1-12(2)8-22-16(18(3,23)11-24-4)19-20-17(22)21-9-13-6-7-15(25-5)14(13)10-21/h12-15,23H,6-11H2,1-5H3/t13-,14+,15-,18?/m0/s1. The highest BCUT2D eigenvalue weighted by molar-refractivity contribution is 5.35. The number of nitrogens with zero attached hydrogens (tertiary/aromatic N) is 4. The summed E-state index contributed by atoms with van der Waals surface area (Å²) in [6, 6.07) is 0. The first-order valence-electron chi connectivity index (χ1n) is 9.30. The summed E-state index contributed by atoms with van der Waals surface area (Å²) in [5.74, 6) is 3.11. The molecule has 25 heavy (non-hydrogen) atoms. The van der Waals surface area contributed by atoms with Crippen molar-refractivity contribution in [3.8, 4) is 0 Å². The first-order chi connectivity index (χ1) is 11.9. The molecule has 1 saturated heterocycles. The smallest absolute Gasteiger partial charge is 0.227 e. The van der Waals surface area contributed by atoms with Gasteiger partial charge >= 0.3 is 0 Å². The van der Waals surface area contributed by atoms with Gasteiger partial charge in [0, 0.05) is 39.8 Å². The highest BCUT2D eigenvalue weighted by Crippen LogP contribution is 2.41. The van der Waals surface area contributed by atoms with Gasteiger partial charge in [-0.1, -0.05) is 13.8 Å². The molecule has 3 rings (SSSR count). The van der Waals surface area contributed by atoms with Gasteiger partial charge in [0.15, 0.2) is 5.82 Å². The zero-order chi connectivity index (χ0) is 18.2. The Kier molecular flexibility index (Phi) is 5.37. The molecule has 1 aromatic rings. The molecule has 1 unspecified atom stereocenters. The number of anilines is 1. The van der Waals surface area contributed by atoms with E-state index in [1.54, 1.807) is 14.0 Å². The first kappa shape index (κ1) is 18.6. The van der Waals surface area contributed by atoms with Crippen LogP contribution in [0.1, 0.15) is 39.4 Å². The number of methoxy groups -OCH3 is 2. The molecular formula is C18H32N4O3. The fourth-order valence-electron chi connectivity index (χ4n) is 4.48. The predicted molar refractivity (Wildman–Crippen MR) is 95.5 cm³/mol. The Labute approximate surface area is 150 Å². The van der Waals surface area contributed by atoms with Gasteiger partial charge in [-0.05, 0) is 31.6 Å². The van der Waals surface area contributed by atoms with Gasteiger partial charge in [0.25, 0.3) is 0 Å². The summed E-state index contributed by atoms with van der Waals surface area (Å²) in [4.78, 5) is 2.32. The second-order valence-corrected chi connectivity index (χ2v) is 8.22. The highest BCUT2D eigenvalue weighted by Gasteiger charge is 2.44. The third-order valence-corrected chi connectivity index (χ3v) is 5.56. The number of hydrogen-bond acceptors (Lipinski definition) is 6. The van der Waals surface area contributed by atoms with Crippen molar-refractivity contribution < 1.29 is 14.6 Å². The Hall–Kier alpha value is -1.18. The Morgan fingerprint density at radius 3 is 2.64 bits per heavy atom. The summed E-state index contributed by atoms with van der Waals surface area (Å²) in [7, 11) is 3.40. The molecule has 0 aromatic carbocycles. The van der Waals surface area contributed by atoms with E-state index in [9.17, 15) is 5.11 Å². The molecule has 0 amide bonds. The predicted octanol–water partition coefficient (Wildman–Crippen LogP) is 1.65. The van der Waals surface area contributed by atoms with Crippen LogP contribution in [0.15, 0.2) is 0 Å². The summed E-state index contributed by atoms with van der Waals surface area (Å²) < 4.78 is 12.9. The van der Waals surface area contributed by atoms with Crippen molar-refractivity contribution >= 4 is 5.95 Å². The Bertz CT molecular complexity index is 587. The number of hydrogen-bond donors (Lipinski definition) is 1. The van der Waals surface area contributed by atoms with E-state index in [1.807, 2.05) is 7.11 Å². The van der Waals surface area contributed by atoms with Crippen molar-refractivity contribution in [3.05, 3.63) is 5.82 Å². The van der Waals surface area contributed by atoms with Gasteiger partial charge in [0.2, 0.25) is 5.95 Å². The van der Waals surface area contributed by atoms with E-state index in [1.165, 1.54) is 6.42 Å². The lowest BCUT2D eigenvalue weighted by Crippen LogP contribution is -2.33. The molecule has 4 atom stereocenters. The van der Waals surface area contributed by atoms with E-state index >= 15 is 0 Å². The number of aliphatic hydroxyl groups is 1. The van der Waals surface area contributed by atoms with Gasteiger partial charge in [0.05, 0.1) is 12.7 Å². The fraction of sp³-hybridized carbons (Fsp3) is 0.889. The molecular weight excluding hydrogens is 320 g/mol. The molecule has 7 heteroatoms. The van der Waals surface area contributed by atoms with Crippen molar-refractivity contribution in [1.82, 2.24) is 14.8 Å². The molecule has 2 aliphatic rings. The van der Waals surface area contributed by atoms with Crippen molar-refractivity contribution in [2.75, 3.05) is 38.8 Å². The van der Waals surface area contributed by atoms with Crippen LogP contribution in [0, 0.1) is 17.8 Å². The van der Waals surface area contributed by atoms with E-state index in [0.29, 0.717) is 29.7 Å². The number of rotatable bonds is 7. The first-order valence-corrected chi connectivity index (χ1v) is 9.30. The molecule has 1 aliphatic heterocycles. The van der Waals surface area contributed by atoms with Crippen LogP contribution in [0.2, 0.25) is 0 Å². The number of ether oxygens (including phenoxy) is 2. The molecule has 142 valence electrons. The molecule has 0 bridgehead atoms. The molecule has 7 nitrogen and oxygen atoms in total. The second-order valence-electron chi connectivity index (χ2n) is 8.22. The van der Waals surface area contributed by atoms with E-state index in [-0.39, 0.29) is 6.61 Å². The zero-order valence-electron chi connectivity index (χ0n) is 16.1. The van der Waals surface area contributed by atoms with Crippen molar-refractivity contribution in [2.45, 2.75) is 51.9 Å². The maximum absolute atomic E-state index is 10.8. The summed E-state index contributed by atoms with van der Waals surface area (Å²) in [6.45, 7) is 8.98. The molecule has 1 N–H and O–H groups in total. The van der Waals surface area contributed by atoms with Gasteiger partial charge < -0.3 is 19.5 Å². The van der Waals surface area contributed by atoms with Gasteiger partial charge in [-0.3, -0.25) is 4.57 Å². The molecule has 1 saturated carbocycles. The fourth-order valence-corrected chi connectivity index (χ4v) is 4.48. The SMILES string of the molecule is COCC(C)(O)c1nnc(N2C[C@@H]3CC[C@H](OC)[C@@H]3C2)n1CC(C)C. The Morgan fingerprint density at radius 2 is 2.00 bits per heavy atom. The van der Waals surface area contributed by atoms with E-state index in [0.717, 1.165) is 32.0 Å². The minimum atomic E-state index is -1.15. The second kappa shape index (κ2) is 7.21. The lowest BCUT2D eigenvalue weighted by molar-refractivity contribution is -0.0302. The van der Waals surface area contributed by atoms with Crippen LogP contribution in [-0.2, 0) is 21.6 Å². The molecule has 1 aliphatic carbocycles. The lowest BCUT2D eigenvalue weighted by Gasteiger charge is -2.26. The van der Waals surface area contributed by atoms with E-state index in [4.69, 9.17) is 9.47 Å². The quantitative estimate of drug-likeness (QED) is 0.804. The maximum Gasteiger partial charge on any atom is 0.227 e. The average Bonchev–Trinajstić information content (AvgIpc) is 3.19. The average molecular weight is 352 g/mol. The third kappa shape index (κ3) is 3.55. The molecule has 1 aromatic heterocycles. The highest BCUT2D eigenvalue weighted by atomic mass is 16.5. The summed E-state index contributed by atoms with van der Waals surface area (Å²) in [5, 5.41) is 19.6. The van der Waals surface area contributed by atoms with Crippen molar-refractivity contribution in [1.29, 1.82) is 0 Å². The minimum Gasteiger partial charge on any atom is -0.381 e. The Morgan fingerprint density at radius 1 is 1.24 bits per heavy atom. The van der Waals surface area contributed by atoms with Crippen LogP contribution in [0.25, 0.3) is 0 Å². The summed E-state index contributed by atoms with van der Waals surface area (Å²) in [6.07, 6.45) is 2.73. The monoisotopic (exact) mass is 352 g/mol. The van der Waals surface area contributed by atoms with E-state index < -0.39 is 5.60 Å². The van der Waals surface area contributed by atoms with Crippen molar-refractivity contribution in [3.63, 3.8) is 0 Å². The van der Waals surface area contributed by atoms with Gasteiger partial charge in [-0.15, -0.1) is 10.2 Å². The third-order valence-electron chi connectivity index (χ3n) is 5.56.